The standard InChI is InChI=1S/C16H16N4O4/c1-17-20-16(23)14(12-8-5-9-24-12)19-13(21)10-18-15(22)11-6-3-2-4-7-11/h2-9,14H,1,10H2,(H,18,22)(H,19,21)(H,20,23). The van der Waals surface area contributed by atoms with Crippen LogP contribution in [-0.4, -0.2) is 31.0 Å². The lowest BCUT2D eigenvalue weighted by Crippen LogP contribution is -2.43. The summed E-state index contributed by atoms with van der Waals surface area (Å²) in [7, 11) is 0. The van der Waals surface area contributed by atoms with Crippen LogP contribution in [0.2, 0.25) is 0 Å². The highest BCUT2D eigenvalue weighted by Crippen LogP contribution is 2.13. The fraction of sp³-hybridized carbons (Fsp3) is 0.125. The Morgan fingerprint density at radius 2 is 1.88 bits per heavy atom. The molecule has 0 aliphatic carbocycles. The molecule has 8 heteroatoms. The number of nitrogens with zero attached hydrogens (tertiary/aromatic N) is 1. The SMILES string of the molecule is C=NNC(=O)C(NC(=O)CNC(=O)c1ccccc1)c1ccco1. The van der Waals surface area contributed by atoms with Gasteiger partial charge in [-0.15, -0.1) is 0 Å². The molecule has 0 aliphatic rings. The Labute approximate surface area is 137 Å². The third kappa shape index (κ3) is 4.54. The van der Waals surface area contributed by atoms with Crippen LogP contribution in [0.15, 0.2) is 58.2 Å². The zero-order valence-corrected chi connectivity index (χ0v) is 12.7. The molecule has 124 valence electrons. The van der Waals surface area contributed by atoms with E-state index in [2.05, 4.69) is 27.9 Å². The Kier molecular flexibility index (Phi) is 5.84. The van der Waals surface area contributed by atoms with Gasteiger partial charge in [0.05, 0.1) is 12.8 Å². The molecular weight excluding hydrogens is 312 g/mol. The maximum Gasteiger partial charge on any atom is 0.270 e. The summed E-state index contributed by atoms with van der Waals surface area (Å²) in [6, 6.07) is 10.5. The molecule has 2 aromatic rings. The topological polar surface area (TPSA) is 113 Å². The number of carbonyl (C=O) groups excluding carboxylic acids is 3. The van der Waals surface area contributed by atoms with E-state index in [9.17, 15) is 14.4 Å². The Balaban J connectivity index is 1.94. The van der Waals surface area contributed by atoms with Crippen LogP contribution in [0.5, 0.6) is 0 Å². The molecular formula is C16H16N4O4. The highest BCUT2D eigenvalue weighted by atomic mass is 16.3. The number of furan rings is 1. The zero-order chi connectivity index (χ0) is 17.4. The second-order valence-corrected chi connectivity index (χ2v) is 4.70. The fourth-order valence-electron chi connectivity index (χ4n) is 1.93. The summed E-state index contributed by atoms with van der Waals surface area (Å²) in [5, 5.41) is 8.21. The van der Waals surface area contributed by atoms with Crippen LogP contribution in [0.25, 0.3) is 0 Å². The van der Waals surface area contributed by atoms with Crippen molar-refractivity contribution in [2.24, 2.45) is 5.10 Å². The molecule has 0 bridgehead atoms. The Bertz CT molecular complexity index is 713. The molecule has 0 saturated carbocycles. The van der Waals surface area contributed by atoms with E-state index in [0.717, 1.165) is 0 Å². The fourth-order valence-corrected chi connectivity index (χ4v) is 1.93. The van der Waals surface area contributed by atoms with Gasteiger partial charge < -0.3 is 15.1 Å². The van der Waals surface area contributed by atoms with Gasteiger partial charge in [0.15, 0.2) is 6.04 Å². The van der Waals surface area contributed by atoms with Crippen LogP contribution in [0.4, 0.5) is 0 Å². The van der Waals surface area contributed by atoms with E-state index in [1.165, 1.54) is 12.3 Å². The molecule has 1 unspecified atom stereocenters. The number of hydrazone groups is 1. The van der Waals surface area contributed by atoms with Gasteiger partial charge in [-0.2, -0.15) is 5.10 Å². The molecule has 3 N–H and O–H groups in total. The third-order valence-corrected chi connectivity index (χ3v) is 3.03. The molecule has 0 radical (unpaired) electrons. The summed E-state index contributed by atoms with van der Waals surface area (Å²) in [6.07, 6.45) is 1.38. The number of hydrogen-bond acceptors (Lipinski definition) is 5. The first-order valence-electron chi connectivity index (χ1n) is 7.03. The smallest absolute Gasteiger partial charge is 0.270 e. The van der Waals surface area contributed by atoms with Gasteiger partial charge in [0.1, 0.15) is 5.76 Å². The molecule has 1 heterocycles. The van der Waals surface area contributed by atoms with Crippen molar-refractivity contribution in [3.05, 3.63) is 60.1 Å². The lowest BCUT2D eigenvalue weighted by Gasteiger charge is -2.15. The van der Waals surface area contributed by atoms with Crippen LogP contribution >= 0.6 is 0 Å². The third-order valence-electron chi connectivity index (χ3n) is 3.03. The van der Waals surface area contributed by atoms with Crippen LogP contribution < -0.4 is 16.1 Å². The van der Waals surface area contributed by atoms with Gasteiger partial charge in [-0.3, -0.25) is 14.4 Å². The number of benzene rings is 1. The monoisotopic (exact) mass is 328 g/mol. The molecule has 8 nitrogen and oxygen atoms in total. The van der Waals surface area contributed by atoms with Crippen molar-refractivity contribution in [2.45, 2.75) is 6.04 Å². The highest BCUT2D eigenvalue weighted by Gasteiger charge is 2.25. The summed E-state index contributed by atoms with van der Waals surface area (Å²) in [4.78, 5) is 35.8. The van der Waals surface area contributed by atoms with Crippen molar-refractivity contribution in [1.29, 1.82) is 0 Å². The zero-order valence-electron chi connectivity index (χ0n) is 12.7. The molecule has 24 heavy (non-hydrogen) atoms. The molecule has 0 spiro atoms. The Morgan fingerprint density at radius 3 is 2.50 bits per heavy atom. The average molecular weight is 328 g/mol. The van der Waals surface area contributed by atoms with Gasteiger partial charge in [-0.1, -0.05) is 18.2 Å². The number of nitrogens with one attached hydrogen (secondary N) is 3. The number of hydrogen-bond donors (Lipinski definition) is 3. The van der Waals surface area contributed by atoms with Gasteiger partial charge in [-0.05, 0) is 24.3 Å². The maximum absolute atomic E-state index is 12.0. The number of carbonyl (C=O) groups is 3. The minimum absolute atomic E-state index is 0.235. The largest absolute Gasteiger partial charge is 0.467 e. The van der Waals surface area contributed by atoms with E-state index in [1.54, 1.807) is 36.4 Å². The van der Waals surface area contributed by atoms with Crippen molar-refractivity contribution in [1.82, 2.24) is 16.1 Å². The first-order valence-corrected chi connectivity index (χ1v) is 7.03. The van der Waals surface area contributed by atoms with Crippen LogP contribution in [0.1, 0.15) is 22.2 Å². The normalized spacial score (nSPS) is 11.2. The molecule has 1 aromatic heterocycles. The van der Waals surface area contributed by atoms with Crippen molar-refractivity contribution in [3.8, 4) is 0 Å². The number of rotatable bonds is 7. The molecule has 2 rings (SSSR count). The first kappa shape index (κ1) is 16.9. The van der Waals surface area contributed by atoms with Crippen LogP contribution in [0.3, 0.4) is 0 Å². The van der Waals surface area contributed by atoms with Gasteiger partial charge in [0.25, 0.3) is 11.8 Å². The Morgan fingerprint density at radius 1 is 1.12 bits per heavy atom. The van der Waals surface area contributed by atoms with E-state index >= 15 is 0 Å². The minimum Gasteiger partial charge on any atom is -0.467 e. The van der Waals surface area contributed by atoms with E-state index in [0.29, 0.717) is 5.56 Å². The summed E-state index contributed by atoms with van der Waals surface area (Å²) >= 11 is 0. The molecule has 0 fully saturated rings. The molecule has 1 aromatic carbocycles. The molecule has 1 atom stereocenters. The van der Waals surface area contributed by atoms with E-state index in [1.807, 2.05) is 0 Å². The van der Waals surface area contributed by atoms with Crippen LogP contribution in [-0.2, 0) is 9.59 Å². The van der Waals surface area contributed by atoms with E-state index in [4.69, 9.17) is 4.42 Å². The van der Waals surface area contributed by atoms with Crippen molar-refractivity contribution < 1.29 is 18.8 Å². The molecule has 3 amide bonds. The van der Waals surface area contributed by atoms with E-state index in [-0.39, 0.29) is 12.3 Å². The summed E-state index contributed by atoms with van der Waals surface area (Å²) in [6.45, 7) is 2.86. The predicted molar refractivity (Wildman–Crippen MR) is 86.1 cm³/mol. The summed E-state index contributed by atoms with van der Waals surface area (Å²) in [5.41, 5.74) is 2.57. The van der Waals surface area contributed by atoms with Crippen molar-refractivity contribution in [2.75, 3.05) is 6.54 Å². The van der Waals surface area contributed by atoms with Crippen molar-refractivity contribution in [3.63, 3.8) is 0 Å². The average Bonchev–Trinajstić information content (AvgIpc) is 3.12. The quantitative estimate of drug-likeness (QED) is 0.510. The van der Waals surface area contributed by atoms with Gasteiger partial charge in [0.2, 0.25) is 5.91 Å². The molecule has 0 aliphatic heterocycles. The van der Waals surface area contributed by atoms with Gasteiger partial charge in [-0.25, -0.2) is 5.43 Å². The van der Waals surface area contributed by atoms with Gasteiger partial charge >= 0.3 is 0 Å². The molecule has 0 saturated heterocycles. The highest BCUT2D eigenvalue weighted by molar-refractivity contribution is 5.97. The van der Waals surface area contributed by atoms with Crippen molar-refractivity contribution >= 4 is 24.4 Å². The minimum atomic E-state index is -1.08. The second kappa shape index (κ2) is 8.28. The summed E-state index contributed by atoms with van der Waals surface area (Å²) < 4.78 is 5.13. The first-order chi connectivity index (χ1) is 11.6. The summed E-state index contributed by atoms with van der Waals surface area (Å²) in [5.74, 6) is -1.32. The second-order valence-electron chi connectivity index (χ2n) is 4.70. The lowest BCUT2D eigenvalue weighted by molar-refractivity contribution is -0.129. The number of amides is 3. The van der Waals surface area contributed by atoms with Crippen LogP contribution in [0, 0.1) is 0 Å². The maximum atomic E-state index is 12.0. The Hall–Kier alpha value is -3.42. The lowest BCUT2D eigenvalue weighted by atomic mass is 10.2. The predicted octanol–water partition coefficient (Wildman–Crippen LogP) is 0.599. The van der Waals surface area contributed by atoms with Gasteiger partial charge in [0, 0.05) is 12.3 Å². The van der Waals surface area contributed by atoms with E-state index < -0.39 is 23.8 Å².